The Morgan fingerprint density at radius 3 is 2.75 bits per heavy atom. The lowest BCUT2D eigenvalue weighted by atomic mass is 10.1. The molecule has 0 amide bonds. The first-order chi connectivity index (χ1) is 7.77. The molecule has 0 saturated heterocycles. The van der Waals surface area contributed by atoms with Crippen LogP contribution in [-0.2, 0) is 6.54 Å². The highest BCUT2D eigenvalue weighted by Gasteiger charge is 2.08. The maximum absolute atomic E-state index is 5.28. The lowest BCUT2D eigenvalue weighted by Crippen LogP contribution is -2.18. The molecule has 1 atom stereocenters. The zero-order valence-electron chi connectivity index (χ0n) is 9.11. The SMILES string of the molecule is C[C@H](NCc1ccco1)c1ccccc1Br. The normalized spacial score (nSPS) is 12.6. The minimum Gasteiger partial charge on any atom is -0.468 e. The molecule has 0 bridgehead atoms. The number of benzene rings is 1. The molecular formula is C13H14BrNO. The molecule has 2 nitrogen and oxygen atoms in total. The Labute approximate surface area is 104 Å². The molecule has 0 aliphatic heterocycles. The summed E-state index contributed by atoms with van der Waals surface area (Å²) >= 11 is 3.55. The standard InChI is InChI=1S/C13H14BrNO/c1-10(12-6-2-3-7-13(12)14)15-9-11-5-4-8-16-11/h2-8,10,15H,9H2,1H3/t10-/m0/s1. The predicted molar refractivity (Wildman–Crippen MR) is 68.1 cm³/mol. The maximum Gasteiger partial charge on any atom is 0.117 e. The third kappa shape index (κ3) is 2.74. The minimum absolute atomic E-state index is 0.292. The van der Waals surface area contributed by atoms with Crippen molar-refractivity contribution < 1.29 is 4.42 Å². The summed E-state index contributed by atoms with van der Waals surface area (Å²) in [7, 11) is 0. The summed E-state index contributed by atoms with van der Waals surface area (Å²) < 4.78 is 6.41. The molecule has 0 aliphatic rings. The molecule has 0 aliphatic carbocycles. The van der Waals surface area contributed by atoms with Crippen LogP contribution in [0.3, 0.4) is 0 Å². The van der Waals surface area contributed by atoms with Gasteiger partial charge in [0.15, 0.2) is 0 Å². The first-order valence-corrected chi connectivity index (χ1v) is 6.07. The van der Waals surface area contributed by atoms with Crippen LogP contribution in [0.2, 0.25) is 0 Å². The van der Waals surface area contributed by atoms with E-state index in [1.54, 1.807) is 6.26 Å². The van der Waals surface area contributed by atoms with Crippen molar-refractivity contribution in [2.75, 3.05) is 0 Å². The van der Waals surface area contributed by atoms with E-state index in [-0.39, 0.29) is 0 Å². The van der Waals surface area contributed by atoms with E-state index in [9.17, 15) is 0 Å². The number of rotatable bonds is 4. The summed E-state index contributed by atoms with van der Waals surface area (Å²) in [5.74, 6) is 0.957. The van der Waals surface area contributed by atoms with Gasteiger partial charge >= 0.3 is 0 Å². The molecule has 84 valence electrons. The van der Waals surface area contributed by atoms with Gasteiger partial charge < -0.3 is 9.73 Å². The second-order valence-corrected chi connectivity index (χ2v) is 4.56. The monoisotopic (exact) mass is 279 g/mol. The van der Waals surface area contributed by atoms with Crippen molar-refractivity contribution in [2.24, 2.45) is 0 Å². The van der Waals surface area contributed by atoms with E-state index < -0.39 is 0 Å². The minimum atomic E-state index is 0.292. The molecule has 0 spiro atoms. The Hall–Kier alpha value is -1.06. The maximum atomic E-state index is 5.28. The van der Waals surface area contributed by atoms with Crippen LogP contribution in [0.25, 0.3) is 0 Å². The van der Waals surface area contributed by atoms with Crippen LogP contribution < -0.4 is 5.32 Å². The van der Waals surface area contributed by atoms with E-state index in [4.69, 9.17) is 4.42 Å². The Balaban J connectivity index is 1.98. The van der Waals surface area contributed by atoms with Gasteiger partial charge in [0.1, 0.15) is 5.76 Å². The summed E-state index contributed by atoms with van der Waals surface area (Å²) in [6, 6.07) is 12.4. The second-order valence-electron chi connectivity index (χ2n) is 3.70. The number of furan rings is 1. The van der Waals surface area contributed by atoms with Crippen LogP contribution in [-0.4, -0.2) is 0 Å². The van der Waals surface area contributed by atoms with Gasteiger partial charge in [0.2, 0.25) is 0 Å². The van der Waals surface area contributed by atoms with E-state index >= 15 is 0 Å². The Morgan fingerprint density at radius 2 is 2.06 bits per heavy atom. The summed E-state index contributed by atoms with van der Waals surface area (Å²) in [6.45, 7) is 2.89. The van der Waals surface area contributed by atoms with Gasteiger partial charge in [-0.05, 0) is 30.7 Å². The topological polar surface area (TPSA) is 25.2 Å². The molecule has 0 saturated carbocycles. The van der Waals surface area contributed by atoms with E-state index in [0.717, 1.165) is 16.8 Å². The Bertz CT molecular complexity index is 439. The van der Waals surface area contributed by atoms with Crippen LogP contribution in [0.4, 0.5) is 0 Å². The highest BCUT2D eigenvalue weighted by Crippen LogP contribution is 2.22. The first-order valence-electron chi connectivity index (χ1n) is 5.27. The predicted octanol–water partition coefficient (Wildman–Crippen LogP) is 3.89. The van der Waals surface area contributed by atoms with E-state index in [2.05, 4.69) is 40.3 Å². The van der Waals surface area contributed by atoms with Crippen molar-refractivity contribution in [1.82, 2.24) is 5.32 Å². The Kier molecular flexibility index (Phi) is 3.80. The lowest BCUT2D eigenvalue weighted by Gasteiger charge is -2.14. The summed E-state index contributed by atoms with van der Waals surface area (Å²) in [5.41, 5.74) is 1.26. The molecule has 3 heteroatoms. The highest BCUT2D eigenvalue weighted by atomic mass is 79.9. The lowest BCUT2D eigenvalue weighted by molar-refractivity contribution is 0.460. The average molecular weight is 280 g/mol. The molecule has 2 aromatic rings. The third-order valence-corrected chi connectivity index (χ3v) is 3.26. The molecular weight excluding hydrogens is 266 g/mol. The smallest absolute Gasteiger partial charge is 0.117 e. The quantitative estimate of drug-likeness (QED) is 0.919. The van der Waals surface area contributed by atoms with Crippen molar-refractivity contribution in [2.45, 2.75) is 19.5 Å². The van der Waals surface area contributed by atoms with Gasteiger partial charge in [-0.1, -0.05) is 34.1 Å². The summed E-state index contributed by atoms with van der Waals surface area (Å²) in [5, 5.41) is 3.42. The van der Waals surface area contributed by atoms with Gasteiger partial charge in [0.25, 0.3) is 0 Å². The van der Waals surface area contributed by atoms with Crippen LogP contribution in [0.15, 0.2) is 51.6 Å². The number of nitrogens with one attached hydrogen (secondary N) is 1. The zero-order valence-corrected chi connectivity index (χ0v) is 10.7. The molecule has 1 aromatic heterocycles. The fourth-order valence-electron chi connectivity index (χ4n) is 1.60. The fourth-order valence-corrected chi connectivity index (χ4v) is 2.23. The zero-order chi connectivity index (χ0) is 11.4. The molecule has 2 rings (SSSR count). The van der Waals surface area contributed by atoms with Crippen molar-refractivity contribution in [3.63, 3.8) is 0 Å². The van der Waals surface area contributed by atoms with Crippen LogP contribution in [0.1, 0.15) is 24.3 Å². The van der Waals surface area contributed by atoms with Gasteiger partial charge in [-0.25, -0.2) is 0 Å². The van der Waals surface area contributed by atoms with E-state index in [0.29, 0.717) is 6.04 Å². The molecule has 1 aromatic carbocycles. The van der Waals surface area contributed by atoms with Crippen LogP contribution in [0, 0.1) is 0 Å². The second kappa shape index (κ2) is 5.32. The van der Waals surface area contributed by atoms with E-state index in [1.807, 2.05) is 24.3 Å². The van der Waals surface area contributed by atoms with Gasteiger partial charge in [-0.15, -0.1) is 0 Å². The fraction of sp³-hybridized carbons (Fsp3) is 0.231. The number of hydrogen-bond acceptors (Lipinski definition) is 2. The summed E-state index contributed by atoms with van der Waals surface area (Å²) in [6.07, 6.45) is 1.69. The molecule has 0 unspecified atom stereocenters. The first kappa shape index (κ1) is 11.4. The molecule has 1 N–H and O–H groups in total. The number of halogens is 1. The largest absolute Gasteiger partial charge is 0.468 e. The molecule has 0 radical (unpaired) electrons. The van der Waals surface area contributed by atoms with E-state index in [1.165, 1.54) is 5.56 Å². The average Bonchev–Trinajstić information content (AvgIpc) is 2.79. The third-order valence-electron chi connectivity index (χ3n) is 2.53. The summed E-state index contributed by atoms with van der Waals surface area (Å²) in [4.78, 5) is 0. The van der Waals surface area contributed by atoms with Gasteiger partial charge in [0, 0.05) is 10.5 Å². The van der Waals surface area contributed by atoms with Gasteiger partial charge in [-0.3, -0.25) is 0 Å². The van der Waals surface area contributed by atoms with Crippen molar-refractivity contribution >= 4 is 15.9 Å². The highest BCUT2D eigenvalue weighted by molar-refractivity contribution is 9.10. The molecule has 16 heavy (non-hydrogen) atoms. The number of hydrogen-bond donors (Lipinski definition) is 1. The van der Waals surface area contributed by atoms with Crippen LogP contribution >= 0.6 is 15.9 Å². The van der Waals surface area contributed by atoms with Crippen molar-refractivity contribution in [1.29, 1.82) is 0 Å². The molecule has 1 heterocycles. The van der Waals surface area contributed by atoms with Gasteiger partial charge in [-0.2, -0.15) is 0 Å². The molecule has 0 fully saturated rings. The van der Waals surface area contributed by atoms with Crippen molar-refractivity contribution in [3.8, 4) is 0 Å². The van der Waals surface area contributed by atoms with Crippen LogP contribution in [0.5, 0.6) is 0 Å². The van der Waals surface area contributed by atoms with Gasteiger partial charge in [0.05, 0.1) is 12.8 Å². The van der Waals surface area contributed by atoms with Crippen molar-refractivity contribution in [3.05, 3.63) is 58.5 Å². The Morgan fingerprint density at radius 1 is 1.25 bits per heavy atom.